The lowest BCUT2D eigenvalue weighted by Crippen LogP contribution is -2.45. The Bertz CT molecular complexity index is 583. The van der Waals surface area contributed by atoms with Gasteiger partial charge < -0.3 is 5.32 Å². The highest BCUT2D eigenvalue weighted by Crippen LogP contribution is 2.52. The minimum Gasteiger partial charge on any atom is -0.322 e. The van der Waals surface area contributed by atoms with Gasteiger partial charge in [0.15, 0.2) is 6.23 Å². The van der Waals surface area contributed by atoms with Gasteiger partial charge in [-0.25, -0.2) is 4.57 Å². The molecule has 1 aromatic rings. The van der Waals surface area contributed by atoms with Crippen LogP contribution in [0.3, 0.4) is 0 Å². The molecule has 0 bridgehead atoms. The lowest BCUT2D eigenvalue weighted by atomic mass is 10.2. The van der Waals surface area contributed by atoms with E-state index in [1.165, 1.54) is 24.3 Å². The zero-order chi connectivity index (χ0) is 18.4. The zero-order valence-electron chi connectivity index (χ0n) is 12.8. The summed E-state index contributed by atoms with van der Waals surface area (Å²) in [6.45, 7) is 3.25. The van der Waals surface area contributed by atoms with Crippen LogP contribution in [0.2, 0.25) is 5.02 Å². The zero-order valence-corrected chi connectivity index (χ0v) is 16.7. The largest absolute Gasteiger partial charge is 0.476 e. The van der Waals surface area contributed by atoms with Crippen LogP contribution in [0.1, 0.15) is 24.2 Å². The van der Waals surface area contributed by atoms with E-state index in [0.29, 0.717) is 5.02 Å². The first-order valence-electron chi connectivity index (χ1n) is 6.82. The van der Waals surface area contributed by atoms with E-state index >= 15 is 0 Å². The Morgan fingerprint density at radius 1 is 1.17 bits per heavy atom. The standard InChI is InChI=1S/C13H16Cl4NO5P/c1-3-21-24(20,22-4-2)23-12(13(15,16)17)18-11(19)9-5-7-10(14)8-6-9/h5-8,12H,3-4H2,1-2H3,(H,18,19). The van der Waals surface area contributed by atoms with E-state index < -0.39 is 23.8 Å². The Hall–Kier alpha value is -0.0400. The average Bonchev–Trinajstić information content (AvgIpc) is 2.46. The predicted molar refractivity (Wildman–Crippen MR) is 94.9 cm³/mol. The van der Waals surface area contributed by atoms with Crippen molar-refractivity contribution in [3.63, 3.8) is 0 Å². The number of halogens is 4. The van der Waals surface area contributed by atoms with E-state index in [9.17, 15) is 9.36 Å². The molecule has 0 saturated carbocycles. The van der Waals surface area contributed by atoms with Crippen molar-refractivity contribution >= 4 is 60.1 Å². The molecule has 136 valence electrons. The summed E-state index contributed by atoms with van der Waals surface area (Å²) >= 11 is 23.2. The molecule has 24 heavy (non-hydrogen) atoms. The molecule has 1 amide bonds. The second-order valence-electron chi connectivity index (χ2n) is 4.29. The van der Waals surface area contributed by atoms with Gasteiger partial charge in [-0.05, 0) is 38.1 Å². The number of benzene rings is 1. The number of phosphoric ester groups is 1. The predicted octanol–water partition coefficient (Wildman–Crippen LogP) is 4.96. The molecule has 6 nitrogen and oxygen atoms in total. The van der Waals surface area contributed by atoms with Gasteiger partial charge in [0.25, 0.3) is 5.91 Å². The van der Waals surface area contributed by atoms with Gasteiger partial charge in [0.1, 0.15) is 0 Å². The van der Waals surface area contributed by atoms with Crippen LogP contribution in [-0.2, 0) is 18.1 Å². The highest BCUT2D eigenvalue weighted by molar-refractivity contribution is 7.48. The Kier molecular flexibility index (Phi) is 8.80. The Morgan fingerprint density at radius 3 is 2.08 bits per heavy atom. The fourth-order valence-electron chi connectivity index (χ4n) is 1.52. The van der Waals surface area contributed by atoms with Gasteiger partial charge in [-0.3, -0.25) is 18.4 Å². The number of phosphoric acid groups is 1. The number of hydrogen-bond acceptors (Lipinski definition) is 5. The molecule has 0 aliphatic carbocycles. The average molecular weight is 439 g/mol. The fraction of sp³-hybridized carbons (Fsp3) is 0.462. The fourth-order valence-corrected chi connectivity index (χ4v) is 3.42. The van der Waals surface area contributed by atoms with Crippen molar-refractivity contribution in [3.05, 3.63) is 34.9 Å². The summed E-state index contributed by atoms with van der Waals surface area (Å²) in [5, 5.41) is 2.79. The quantitative estimate of drug-likeness (QED) is 0.352. The Morgan fingerprint density at radius 2 is 1.67 bits per heavy atom. The van der Waals surface area contributed by atoms with E-state index in [4.69, 9.17) is 60.0 Å². The number of amides is 1. The summed E-state index contributed by atoms with van der Waals surface area (Å²) in [4.78, 5) is 12.2. The van der Waals surface area contributed by atoms with Crippen LogP contribution in [0.25, 0.3) is 0 Å². The van der Waals surface area contributed by atoms with Gasteiger partial charge in [0.2, 0.25) is 3.79 Å². The van der Waals surface area contributed by atoms with Crippen LogP contribution in [0.5, 0.6) is 0 Å². The van der Waals surface area contributed by atoms with Gasteiger partial charge >= 0.3 is 7.82 Å². The highest BCUT2D eigenvalue weighted by Gasteiger charge is 2.42. The number of carbonyl (C=O) groups is 1. The first-order valence-corrected chi connectivity index (χ1v) is 9.79. The highest BCUT2D eigenvalue weighted by atomic mass is 35.6. The molecule has 11 heteroatoms. The van der Waals surface area contributed by atoms with Crippen molar-refractivity contribution in [2.24, 2.45) is 0 Å². The Balaban J connectivity index is 2.95. The molecule has 0 saturated heterocycles. The van der Waals surface area contributed by atoms with Crippen molar-refractivity contribution < 1.29 is 22.9 Å². The molecule has 0 aliphatic rings. The summed E-state index contributed by atoms with van der Waals surface area (Å²) in [7, 11) is -4.02. The van der Waals surface area contributed by atoms with Crippen molar-refractivity contribution in [2.45, 2.75) is 23.9 Å². The topological polar surface area (TPSA) is 73.9 Å². The number of rotatable bonds is 8. The number of hydrogen-bond donors (Lipinski definition) is 1. The molecule has 1 aromatic carbocycles. The van der Waals surface area contributed by atoms with Crippen LogP contribution in [0.15, 0.2) is 24.3 Å². The molecule has 1 rings (SSSR count). The monoisotopic (exact) mass is 437 g/mol. The number of alkyl halides is 3. The normalized spacial score (nSPS) is 13.6. The molecule has 1 N–H and O–H groups in total. The van der Waals surface area contributed by atoms with Crippen LogP contribution in [0.4, 0.5) is 0 Å². The second kappa shape index (κ2) is 9.60. The van der Waals surface area contributed by atoms with Gasteiger partial charge in [-0.2, -0.15) is 0 Å². The number of carbonyl (C=O) groups excluding carboxylic acids is 1. The van der Waals surface area contributed by atoms with E-state index in [1.807, 2.05) is 0 Å². The molecular formula is C13H16Cl4NO5P. The van der Waals surface area contributed by atoms with E-state index in [1.54, 1.807) is 13.8 Å². The van der Waals surface area contributed by atoms with Crippen LogP contribution >= 0.6 is 54.2 Å². The first-order chi connectivity index (χ1) is 11.1. The lowest BCUT2D eigenvalue weighted by molar-refractivity contribution is 0.0601. The first kappa shape index (κ1) is 22.0. The van der Waals surface area contributed by atoms with Crippen molar-refractivity contribution in [3.8, 4) is 0 Å². The van der Waals surface area contributed by atoms with Crippen molar-refractivity contribution in [1.29, 1.82) is 0 Å². The maximum atomic E-state index is 12.4. The van der Waals surface area contributed by atoms with E-state index in [2.05, 4.69) is 5.32 Å². The van der Waals surface area contributed by atoms with Crippen molar-refractivity contribution in [1.82, 2.24) is 5.32 Å². The smallest absolute Gasteiger partial charge is 0.322 e. The third kappa shape index (κ3) is 7.06. The van der Waals surface area contributed by atoms with Gasteiger partial charge in [-0.1, -0.05) is 46.4 Å². The van der Waals surface area contributed by atoms with Gasteiger partial charge in [0.05, 0.1) is 13.2 Å². The summed E-state index contributed by atoms with van der Waals surface area (Å²) in [6, 6.07) is 5.98. The minimum atomic E-state index is -4.02. The van der Waals surface area contributed by atoms with Crippen molar-refractivity contribution in [2.75, 3.05) is 13.2 Å². The second-order valence-corrected chi connectivity index (χ2v) is 8.72. The molecule has 0 spiro atoms. The summed E-state index contributed by atoms with van der Waals surface area (Å²) in [5.74, 6) is -0.623. The van der Waals surface area contributed by atoms with Gasteiger partial charge in [0, 0.05) is 10.6 Å². The maximum Gasteiger partial charge on any atom is 0.476 e. The summed E-state index contributed by atoms with van der Waals surface area (Å²) < 4.78 is 25.4. The van der Waals surface area contributed by atoms with E-state index in [-0.39, 0.29) is 18.8 Å². The van der Waals surface area contributed by atoms with Gasteiger partial charge in [-0.15, -0.1) is 0 Å². The molecule has 0 aliphatic heterocycles. The molecule has 0 fully saturated rings. The number of nitrogens with one attached hydrogen (secondary N) is 1. The summed E-state index contributed by atoms with van der Waals surface area (Å²) in [6.07, 6.45) is -1.57. The third-order valence-corrected chi connectivity index (χ3v) is 4.94. The lowest BCUT2D eigenvalue weighted by Gasteiger charge is -2.28. The molecular weight excluding hydrogens is 423 g/mol. The molecule has 0 heterocycles. The van der Waals surface area contributed by atoms with E-state index in [0.717, 1.165) is 0 Å². The van der Waals surface area contributed by atoms with Crippen LogP contribution in [-0.4, -0.2) is 29.1 Å². The molecule has 0 radical (unpaired) electrons. The van der Waals surface area contributed by atoms with Crippen LogP contribution < -0.4 is 5.32 Å². The van der Waals surface area contributed by atoms with Crippen LogP contribution in [0, 0.1) is 0 Å². The molecule has 0 aromatic heterocycles. The summed E-state index contributed by atoms with van der Waals surface area (Å²) in [5.41, 5.74) is 0.241. The molecule has 1 atom stereocenters. The maximum absolute atomic E-state index is 12.4. The molecule has 1 unspecified atom stereocenters. The third-order valence-electron chi connectivity index (χ3n) is 2.47. The SMILES string of the molecule is CCOP(=O)(OCC)OC(NC(=O)c1ccc(Cl)cc1)C(Cl)(Cl)Cl. The Labute approximate surface area is 160 Å². The minimum absolute atomic E-state index is 0.0367.